The Balaban J connectivity index is 1.96. The zero-order chi connectivity index (χ0) is 19.8. The smallest absolute Gasteiger partial charge is 0.268 e. The highest BCUT2D eigenvalue weighted by atomic mass is 16.5. The number of furan rings is 1. The first-order valence-corrected chi connectivity index (χ1v) is 7.96. The van der Waals surface area contributed by atoms with Gasteiger partial charge in [0.05, 0.1) is 12.4 Å². The molecule has 2 atom stereocenters. The third-order valence-corrected chi connectivity index (χ3v) is 3.52. The zero-order valence-corrected chi connectivity index (χ0v) is 14.4. The molecule has 0 spiro atoms. The topological polar surface area (TPSA) is 141 Å². The monoisotopic (exact) mass is 373 g/mol. The normalized spacial score (nSPS) is 13.0. The van der Waals surface area contributed by atoms with Crippen molar-refractivity contribution in [2.24, 2.45) is 0 Å². The Bertz CT molecular complexity index is 812. The van der Waals surface area contributed by atoms with Gasteiger partial charge in [0.15, 0.2) is 0 Å². The van der Waals surface area contributed by atoms with Gasteiger partial charge in [-0.3, -0.25) is 19.6 Å². The average Bonchev–Trinajstić information content (AvgIpc) is 3.17. The van der Waals surface area contributed by atoms with Gasteiger partial charge in [0.2, 0.25) is 5.91 Å². The highest BCUT2D eigenvalue weighted by molar-refractivity contribution is 6.02. The number of aliphatic hydroxyl groups is 1. The SMILES string of the molecule is CC(O)C(NC(=O)c1ccc(NC(=O)/C=C/c2ccco2)cc1)C(=O)NO. The van der Waals surface area contributed by atoms with Crippen LogP contribution in [0.15, 0.2) is 53.2 Å². The molecular weight excluding hydrogens is 354 g/mol. The molecule has 0 radical (unpaired) electrons. The van der Waals surface area contributed by atoms with E-state index in [-0.39, 0.29) is 11.5 Å². The molecule has 2 unspecified atom stereocenters. The molecular formula is C18H19N3O6. The number of carbonyl (C=O) groups is 3. The molecule has 27 heavy (non-hydrogen) atoms. The third-order valence-electron chi connectivity index (χ3n) is 3.52. The first-order chi connectivity index (χ1) is 12.9. The second-order valence-corrected chi connectivity index (χ2v) is 5.58. The minimum atomic E-state index is -1.31. The lowest BCUT2D eigenvalue weighted by atomic mass is 10.1. The Morgan fingerprint density at radius 2 is 1.85 bits per heavy atom. The fourth-order valence-electron chi connectivity index (χ4n) is 2.13. The number of benzene rings is 1. The molecule has 142 valence electrons. The van der Waals surface area contributed by atoms with Crippen molar-refractivity contribution in [2.45, 2.75) is 19.1 Å². The summed E-state index contributed by atoms with van der Waals surface area (Å²) in [6.45, 7) is 1.30. The van der Waals surface area contributed by atoms with Crippen LogP contribution in [0, 0.1) is 0 Å². The van der Waals surface area contributed by atoms with Gasteiger partial charge in [-0.2, -0.15) is 0 Å². The van der Waals surface area contributed by atoms with Crippen LogP contribution in [0.3, 0.4) is 0 Å². The van der Waals surface area contributed by atoms with E-state index in [0.717, 1.165) is 0 Å². The van der Waals surface area contributed by atoms with Crippen molar-refractivity contribution in [1.82, 2.24) is 10.8 Å². The average molecular weight is 373 g/mol. The van der Waals surface area contributed by atoms with Crippen LogP contribution in [0.1, 0.15) is 23.0 Å². The van der Waals surface area contributed by atoms with Gasteiger partial charge in [-0.1, -0.05) is 0 Å². The lowest BCUT2D eigenvalue weighted by Crippen LogP contribution is -2.51. The van der Waals surface area contributed by atoms with Crippen molar-refractivity contribution in [3.05, 3.63) is 60.1 Å². The number of amides is 3. The van der Waals surface area contributed by atoms with E-state index in [4.69, 9.17) is 9.62 Å². The molecule has 0 aliphatic heterocycles. The van der Waals surface area contributed by atoms with E-state index >= 15 is 0 Å². The maximum absolute atomic E-state index is 12.2. The number of hydroxylamine groups is 1. The van der Waals surface area contributed by atoms with Crippen molar-refractivity contribution in [1.29, 1.82) is 0 Å². The van der Waals surface area contributed by atoms with Crippen LogP contribution < -0.4 is 16.1 Å². The van der Waals surface area contributed by atoms with E-state index in [2.05, 4.69) is 10.6 Å². The molecule has 9 heteroatoms. The van der Waals surface area contributed by atoms with Gasteiger partial charge in [-0.25, -0.2) is 5.48 Å². The number of rotatable bonds is 7. The summed E-state index contributed by atoms with van der Waals surface area (Å²) in [6.07, 6.45) is 3.11. The van der Waals surface area contributed by atoms with Gasteiger partial charge in [0.25, 0.3) is 11.8 Å². The summed E-state index contributed by atoms with van der Waals surface area (Å²) in [5, 5.41) is 23.1. The Kier molecular flexibility index (Phi) is 6.86. The van der Waals surface area contributed by atoms with E-state index in [1.54, 1.807) is 12.1 Å². The molecule has 1 heterocycles. The zero-order valence-electron chi connectivity index (χ0n) is 14.4. The van der Waals surface area contributed by atoms with Crippen LogP contribution in [-0.4, -0.2) is 40.2 Å². The van der Waals surface area contributed by atoms with E-state index in [9.17, 15) is 19.5 Å². The molecule has 2 rings (SSSR count). The fraction of sp³-hybridized carbons (Fsp3) is 0.167. The highest BCUT2D eigenvalue weighted by Crippen LogP contribution is 2.11. The maximum Gasteiger partial charge on any atom is 0.268 e. The Labute approximate surface area is 154 Å². The minimum absolute atomic E-state index is 0.204. The predicted molar refractivity (Wildman–Crippen MR) is 95.7 cm³/mol. The molecule has 3 amide bonds. The van der Waals surface area contributed by atoms with Gasteiger partial charge in [-0.15, -0.1) is 0 Å². The third kappa shape index (κ3) is 5.80. The van der Waals surface area contributed by atoms with Crippen molar-refractivity contribution in [3.63, 3.8) is 0 Å². The molecule has 9 nitrogen and oxygen atoms in total. The van der Waals surface area contributed by atoms with Gasteiger partial charge in [0.1, 0.15) is 11.8 Å². The van der Waals surface area contributed by atoms with Crippen LogP contribution >= 0.6 is 0 Å². The number of nitrogens with one attached hydrogen (secondary N) is 3. The molecule has 2 aromatic rings. The minimum Gasteiger partial charge on any atom is -0.465 e. The maximum atomic E-state index is 12.2. The molecule has 0 aliphatic rings. The lowest BCUT2D eigenvalue weighted by molar-refractivity contribution is -0.133. The number of carbonyl (C=O) groups excluding carboxylic acids is 3. The summed E-state index contributed by atoms with van der Waals surface area (Å²) in [6, 6.07) is 8.00. The number of anilines is 1. The molecule has 5 N–H and O–H groups in total. The molecule has 1 aromatic heterocycles. The molecule has 1 aromatic carbocycles. The van der Waals surface area contributed by atoms with Crippen LogP contribution in [0.4, 0.5) is 5.69 Å². The first kappa shape index (κ1) is 19.9. The standard InChI is InChI=1S/C18H19N3O6/c1-11(22)16(18(25)21-26)20-17(24)12-4-6-13(7-5-12)19-15(23)9-8-14-3-2-10-27-14/h2-11,16,22,26H,1H3,(H,19,23)(H,20,24)(H,21,25)/b9-8+. The molecule has 0 bridgehead atoms. The van der Waals surface area contributed by atoms with Crippen LogP contribution in [0.5, 0.6) is 0 Å². The summed E-state index contributed by atoms with van der Waals surface area (Å²) in [5.74, 6) is -1.40. The summed E-state index contributed by atoms with van der Waals surface area (Å²) < 4.78 is 5.08. The summed E-state index contributed by atoms with van der Waals surface area (Å²) >= 11 is 0. The molecule has 0 saturated carbocycles. The van der Waals surface area contributed by atoms with E-state index in [0.29, 0.717) is 11.4 Å². The van der Waals surface area contributed by atoms with Crippen molar-refractivity contribution in [2.75, 3.05) is 5.32 Å². The van der Waals surface area contributed by atoms with Crippen LogP contribution in [0.2, 0.25) is 0 Å². The van der Waals surface area contributed by atoms with Crippen molar-refractivity contribution < 1.29 is 29.1 Å². The Hall–Kier alpha value is -3.43. The largest absolute Gasteiger partial charge is 0.465 e. The number of hydrogen-bond donors (Lipinski definition) is 5. The van der Waals surface area contributed by atoms with Gasteiger partial charge in [-0.05, 0) is 49.4 Å². The first-order valence-electron chi connectivity index (χ1n) is 7.96. The quantitative estimate of drug-likeness (QED) is 0.278. The fourth-order valence-corrected chi connectivity index (χ4v) is 2.13. The van der Waals surface area contributed by atoms with Crippen LogP contribution in [0.25, 0.3) is 6.08 Å². The van der Waals surface area contributed by atoms with E-state index in [1.165, 1.54) is 55.1 Å². The van der Waals surface area contributed by atoms with Gasteiger partial charge >= 0.3 is 0 Å². The second-order valence-electron chi connectivity index (χ2n) is 5.58. The van der Waals surface area contributed by atoms with Crippen molar-refractivity contribution >= 4 is 29.5 Å². The predicted octanol–water partition coefficient (Wildman–Crippen LogP) is 0.916. The van der Waals surface area contributed by atoms with Gasteiger partial charge in [0, 0.05) is 17.3 Å². The highest BCUT2D eigenvalue weighted by Gasteiger charge is 2.25. The summed E-state index contributed by atoms with van der Waals surface area (Å²) in [5.41, 5.74) is 2.04. The molecule has 0 fully saturated rings. The number of hydrogen-bond acceptors (Lipinski definition) is 6. The van der Waals surface area contributed by atoms with Crippen molar-refractivity contribution in [3.8, 4) is 0 Å². The Morgan fingerprint density at radius 3 is 2.41 bits per heavy atom. The van der Waals surface area contributed by atoms with Gasteiger partial charge < -0.3 is 20.2 Å². The van der Waals surface area contributed by atoms with E-state index in [1.807, 2.05) is 0 Å². The van der Waals surface area contributed by atoms with E-state index < -0.39 is 24.0 Å². The number of aliphatic hydroxyl groups excluding tert-OH is 1. The summed E-state index contributed by atoms with van der Waals surface area (Å²) in [4.78, 5) is 35.4. The summed E-state index contributed by atoms with van der Waals surface area (Å²) in [7, 11) is 0. The second kappa shape index (κ2) is 9.32. The molecule has 0 aliphatic carbocycles. The lowest BCUT2D eigenvalue weighted by Gasteiger charge is -2.19. The molecule has 0 saturated heterocycles. The van der Waals surface area contributed by atoms with Crippen LogP contribution in [-0.2, 0) is 9.59 Å². The Morgan fingerprint density at radius 1 is 1.15 bits per heavy atom.